The first kappa shape index (κ1) is 16.5. The molecule has 1 aliphatic heterocycles. The molecule has 1 fully saturated rings. The van der Waals surface area contributed by atoms with E-state index in [9.17, 15) is 4.79 Å². The first-order chi connectivity index (χ1) is 12.6. The van der Waals surface area contributed by atoms with Crippen LogP contribution in [0.3, 0.4) is 0 Å². The Hall–Kier alpha value is -2.96. The molecule has 0 spiro atoms. The number of aromatic nitrogens is 4. The van der Waals surface area contributed by atoms with Crippen molar-refractivity contribution in [2.75, 3.05) is 13.1 Å². The molecule has 134 valence electrons. The van der Waals surface area contributed by atoms with Gasteiger partial charge in [0, 0.05) is 24.3 Å². The minimum absolute atomic E-state index is 0.0708. The van der Waals surface area contributed by atoms with Gasteiger partial charge in [0.15, 0.2) is 0 Å². The number of rotatable bonds is 4. The summed E-state index contributed by atoms with van der Waals surface area (Å²) in [5, 5.41) is 8.44. The van der Waals surface area contributed by atoms with Gasteiger partial charge in [0.2, 0.25) is 17.6 Å². The van der Waals surface area contributed by atoms with Crippen molar-refractivity contribution in [3.8, 4) is 11.4 Å². The molecule has 0 saturated carbocycles. The van der Waals surface area contributed by atoms with Crippen LogP contribution in [0.2, 0.25) is 0 Å². The van der Waals surface area contributed by atoms with Gasteiger partial charge in [-0.05, 0) is 26.3 Å². The fourth-order valence-electron chi connectivity index (χ4n) is 3.36. The van der Waals surface area contributed by atoms with Gasteiger partial charge in [-0.3, -0.25) is 9.48 Å². The van der Waals surface area contributed by atoms with Gasteiger partial charge in [0.25, 0.3) is 0 Å². The number of aryl methyl sites for hydroxylation is 2. The fraction of sp³-hybridized carbons (Fsp3) is 0.368. The number of hydrogen-bond donors (Lipinski definition) is 0. The highest BCUT2D eigenvalue weighted by Crippen LogP contribution is 2.28. The maximum absolute atomic E-state index is 12.6. The molecule has 3 heterocycles. The predicted octanol–water partition coefficient (Wildman–Crippen LogP) is 2.57. The van der Waals surface area contributed by atoms with Gasteiger partial charge in [-0.1, -0.05) is 35.5 Å². The van der Waals surface area contributed by atoms with E-state index in [-0.39, 0.29) is 18.4 Å². The van der Waals surface area contributed by atoms with Crippen molar-refractivity contribution in [3.05, 3.63) is 53.7 Å². The summed E-state index contributed by atoms with van der Waals surface area (Å²) >= 11 is 0. The van der Waals surface area contributed by atoms with E-state index in [1.54, 1.807) is 4.68 Å². The average Bonchev–Trinajstić information content (AvgIpc) is 3.36. The minimum atomic E-state index is 0.0708. The summed E-state index contributed by atoms with van der Waals surface area (Å²) in [5.74, 6) is 1.35. The van der Waals surface area contributed by atoms with Crippen LogP contribution in [0, 0.1) is 13.8 Å². The SMILES string of the molecule is Cc1cc(C)n(CC(=O)N2CC[C@H](c3nc(-c4ccccc4)no3)C2)n1. The van der Waals surface area contributed by atoms with E-state index in [1.165, 1.54) is 0 Å². The largest absolute Gasteiger partial charge is 0.340 e. The van der Waals surface area contributed by atoms with Crippen LogP contribution in [-0.4, -0.2) is 43.8 Å². The average molecular weight is 351 g/mol. The smallest absolute Gasteiger partial charge is 0.244 e. The lowest BCUT2D eigenvalue weighted by atomic mass is 10.1. The lowest BCUT2D eigenvalue weighted by Gasteiger charge is -2.16. The fourth-order valence-corrected chi connectivity index (χ4v) is 3.36. The van der Waals surface area contributed by atoms with Crippen LogP contribution in [-0.2, 0) is 11.3 Å². The molecule has 3 aromatic rings. The molecule has 4 rings (SSSR count). The molecule has 0 aliphatic carbocycles. The van der Waals surface area contributed by atoms with Gasteiger partial charge in [-0.2, -0.15) is 10.1 Å². The van der Waals surface area contributed by atoms with Gasteiger partial charge in [0.1, 0.15) is 6.54 Å². The molecule has 1 aliphatic rings. The molecule has 0 bridgehead atoms. The van der Waals surface area contributed by atoms with Crippen LogP contribution < -0.4 is 0 Å². The third-order valence-corrected chi connectivity index (χ3v) is 4.75. The summed E-state index contributed by atoms with van der Waals surface area (Å²) in [6.07, 6.45) is 0.833. The van der Waals surface area contributed by atoms with Crippen molar-refractivity contribution in [2.24, 2.45) is 0 Å². The highest BCUT2D eigenvalue weighted by Gasteiger charge is 2.31. The Morgan fingerprint density at radius 1 is 1.27 bits per heavy atom. The molecule has 26 heavy (non-hydrogen) atoms. The summed E-state index contributed by atoms with van der Waals surface area (Å²) in [6.45, 7) is 5.47. The molecule has 7 heteroatoms. The van der Waals surface area contributed by atoms with Crippen LogP contribution in [0.15, 0.2) is 40.9 Å². The monoisotopic (exact) mass is 351 g/mol. The first-order valence-electron chi connectivity index (χ1n) is 8.78. The lowest BCUT2D eigenvalue weighted by molar-refractivity contribution is -0.131. The van der Waals surface area contributed by atoms with Crippen molar-refractivity contribution < 1.29 is 9.32 Å². The zero-order valence-electron chi connectivity index (χ0n) is 14.9. The predicted molar refractivity (Wildman–Crippen MR) is 95.4 cm³/mol. The maximum Gasteiger partial charge on any atom is 0.244 e. The number of benzene rings is 1. The second-order valence-electron chi connectivity index (χ2n) is 6.73. The van der Waals surface area contributed by atoms with Crippen molar-refractivity contribution in [1.82, 2.24) is 24.8 Å². The van der Waals surface area contributed by atoms with E-state index in [0.717, 1.165) is 23.4 Å². The van der Waals surface area contributed by atoms with Gasteiger partial charge in [-0.25, -0.2) is 0 Å². The van der Waals surface area contributed by atoms with Crippen molar-refractivity contribution >= 4 is 5.91 Å². The Morgan fingerprint density at radius 3 is 2.81 bits per heavy atom. The van der Waals surface area contributed by atoms with E-state index in [1.807, 2.05) is 55.1 Å². The molecule has 0 N–H and O–H groups in total. The summed E-state index contributed by atoms with van der Waals surface area (Å²) in [4.78, 5) is 19.0. The molecule has 1 saturated heterocycles. The maximum atomic E-state index is 12.6. The second kappa shape index (κ2) is 6.74. The summed E-state index contributed by atoms with van der Waals surface area (Å²) in [5.41, 5.74) is 2.85. The number of likely N-dealkylation sites (tertiary alicyclic amines) is 1. The quantitative estimate of drug-likeness (QED) is 0.722. The van der Waals surface area contributed by atoms with E-state index < -0.39 is 0 Å². The molecule has 0 radical (unpaired) electrons. The number of hydrogen-bond acceptors (Lipinski definition) is 5. The molecule has 7 nitrogen and oxygen atoms in total. The third-order valence-electron chi connectivity index (χ3n) is 4.75. The van der Waals surface area contributed by atoms with E-state index in [2.05, 4.69) is 15.2 Å². The highest BCUT2D eigenvalue weighted by molar-refractivity contribution is 5.76. The Kier molecular flexibility index (Phi) is 4.28. The third kappa shape index (κ3) is 3.24. The zero-order valence-corrected chi connectivity index (χ0v) is 14.9. The highest BCUT2D eigenvalue weighted by atomic mass is 16.5. The summed E-state index contributed by atoms with van der Waals surface area (Å²) < 4.78 is 7.21. The number of nitrogens with zero attached hydrogens (tertiary/aromatic N) is 5. The van der Waals surface area contributed by atoms with Crippen LogP contribution >= 0.6 is 0 Å². The Morgan fingerprint density at radius 2 is 2.08 bits per heavy atom. The van der Waals surface area contributed by atoms with E-state index >= 15 is 0 Å². The van der Waals surface area contributed by atoms with Crippen LogP contribution in [0.4, 0.5) is 0 Å². The Balaban J connectivity index is 1.41. The van der Waals surface area contributed by atoms with Gasteiger partial charge in [-0.15, -0.1) is 0 Å². The van der Waals surface area contributed by atoms with Crippen molar-refractivity contribution in [3.63, 3.8) is 0 Å². The van der Waals surface area contributed by atoms with Gasteiger partial charge in [0.05, 0.1) is 11.6 Å². The zero-order chi connectivity index (χ0) is 18.1. The number of carbonyl (C=O) groups excluding carboxylic acids is 1. The van der Waals surface area contributed by atoms with E-state index in [4.69, 9.17) is 4.52 Å². The Bertz CT molecular complexity index is 915. The first-order valence-corrected chi connectivity index (χ1v) is 8.78. The minimum Gasteiger partial charge on any atom is -0.340 e. The normalized spacial score (nSPS) is 17.0. The molecule has 1 amide bonds. The molecular weight excluding hydrogens is 330 g/mol. The molecular formula is C19H21N5O2. The van der Waals surface area contributed by atoms with Gasteiger partial charge < -0.3 is 9.42 Å². The van der Waals surface area contributed by atoms with Crippen molar-refractivity contribution in [2.45, 2.75) is 32.7 Å². The van der Waals surface area contributed by atoms with Crippen LogP contribution in [0.1, 0.15) is 29.6 Å². The van der Waals surface area contributed by atoms with Crippen molar-refractivity contribution in [1.29, 1.82) is 0 Å². The molecule has 2 aromatic heterocycles. The van der Waals surface area contributed by atoms with Crippen LogP contribution in [0.25, 0.3) is 11.4 Å². The van der Waals surface area contributed by atoms with Gasteiger partial charge >= 0.3 is 0 Å². The molecule has 0 unspecified atom stereocenters. The summed E-state index contributed by atoms with van der Waals surface area (Å²) in [6, 6.07) is 11.7. The molecule has 1 aromatic carbocycles. The lowest BCUT2D eigenvalue weighted by Crippen LogP contribution is -2.32. The second-order valence-corrected chi connectivity index (χ2v) is 6.73. The van der Waals surface area contributed by atoms with Crippen LogP contribution in [0.5, 0.6) is 0 Å². The number of amides is 1. The molecule has 1 atom stereocenters. The standard InChI is InChI=1S/C19H21N5O2/c1-13-10-14(2)24(21-13)12-17(25)23-9-8-16(11-23)19-20-18(22-26-19)15-6-4-3-5-7-15/h3-7,10,16H,8-9,11-12H2,1-2H3/t16-/m0/s1. The Labute approximate surface area is 151 Å². The topological polar surface area (TPSA) is 77.0 Å². The number of carbonyl (C=O) groups is 1. The summed E-state index contributed by atoms with van der Waals surface area (Å²) in [7, 11) is 0. The van der Waals surface area contributed by atoms with E-state index in [0.29, 0.717) is 24.8 Å².